The van der Waals surface area contributed by atoms with Gasteiger partial charge >= 0.3 is 0 Å². The third-order valence-corrected chi connectivity index (χ3v) is 6.64. The normalized spacial score (nSPS) is 12.1. The molecule has 0 fully saturated rings. The Morgan fingerprint density at radius 1 is 0.743 bits per heavy atom. The zero-order valence-corrected chi connectivity index (χ0v) is 20.3. The molecule has 0 bridgehead atoms. The number of carbonyl (C=O) groups excluding carboxylic acids is 2. The molecule has 0 aliphatic rings. The third kappa shape index (κ3) is 5.09. The van der Waals surface area contributed by atoms with E-state index in [4.69, 9.17) is 28.9 Å². The molecule has 4 aromatic carbocycles. The average molecular weight is 503 g/mol. The number of rotatable bonds is 8. The Labute approximate surface area is 214 Å². The Bertz CT molecular complexity index is 1220. The molecule has 0 saturated carbocycles. The van der Waals surface area contributed by atoms with E-state index in [0.717, 1.165) is 16.7 Å². The first kappa shape index (κ1) is 24.5. The van der Waals surface area contributed by atoms with Crippen molar-refractivity contribution in [2.75, 3.05) is 0 Å². The lowest BCUT2D eigenvalue weighted by Gasteiger charge is -2.35. The molecule has 1 atom stereocenters. The van der Waals surface area contributed by atoms with Gasteiger partial charge in [0.2, 0.25) is 11.8 Å². The molecule has 4 nitrogen and oxygen atoms in total. The van der Waals surface area contributed by atoms with Crippen LogP contribution in [0.25, 0.3) is 0 Å². The van der Waals surface area contributed by atoms with Crippen LogP contribution in [0.4, 0.5) is 0 Å². The number of halogens is 2. The lowest BCUT2D eigenvalue weighted by molar-refractivity contribution is -0.129. The standard InChI is InChI=1S/C29H24Cl2N2O2/c30-24-17-16-20(25(31)19-24)18-26(27(32)34)33-28(35)29(21-10-4-1-5-11-21,22-12-6-2-7-13-22)23-14-8-3-9-15-23/h1-17,19,26H,18H2,(H2,32,34)(H,33,35)/t26-/m0/s1. The van der Waals surface area contributed by atoms with Gasteiger partial charge in [-0.15, -0.1) is 0 Å². The molecular weight excluding hydrogens is 479 g/mol. The summed E-state index contributed by atoms with van der Waals surface area (Å²) >= 11 is 12.4. The predicted octanol–water partition coefficient (Wildman–Crippen LogP) is 5.54. The van der Waals surface area contributed by atoms with E-state index in [1.54, 1.807) is 18.2 Å². The monoisotopic (exact) mass is 502 g/mol. The summed E-state index contributed by atoms with van der Waals surface area (Å²) in [4.78, 5) is 26.8. The molecule has 4 aromatic rings. The summed E-state index contributed by atoms with van der Waals surface area (Å²) in [6.07, 6.45) is 0.130. The first-order valence-corrected chi connectivity index (χ1v) is 11.9. The smallest absolute Gasteiger partial charge is 0.240 e. The van der Waals surface area contributed by atoms with Gasteiger partial charge in [-0.3, -0.25) is 9.59 Å². The highest BCUT2D eigenvalue weighted by Crippen LogP contribution is 2.39. The van der Waals surface area contributed by atoms with Gasteiger partial charge in [-0.05, 0) is 34.4 Å². The summed E-state index contributed by atoms with van der Waals surface area (Å²) in [5.41, 5.74) is 7.48. The number of carbonyl (C=O) groups is 2. The van der Waals surface area contributed by atoms with Crippen molar-refractivity contribution in [3.8, 4) is 0 Å². The van der Waals surface area contributed by atoms with Gasteiger partial charge in [0.15, 0.2) is 0 Å². The van der Waals surface area contributed by atoms with E-state index in [1.807, 2.05) is 91.0 Å². The lowest BCUT2D eigenvalue weighted by Crippen LogP contribution is -2.54. The lowest BCUT2D eigenvalue weighted by atomic mass is 9.68. The highest BCUT2D eigenvalue weighted by molar-refractivity contribution is 6.35. The number of hydrogen-bond acceptors (Lipinski definition) is 2. The number of amides is 2. The van der Waals surface area contributed by atoms with Crippen LogP contribution in [0.1, 0.15) is 22.3 Å². The molecule has 0 aliphatic heterocycles. The van der Waals surface area contributed by atoms with Gasteiger partial charge in [0.25, 0.3) is 0 Å². The maximum atomic E-state index is 14.3. The summed E-state index contributed by atoms with van der Waals surface area (Å²) in [6, 6.07) is 32.5. The molecule has 176 valence electrons. The molecule has 6 heteroatoms. The Kier molecular flexibility index (Phi) is 7.54. The average Bonchev–Trinajstić information content (AvgIpc) is 2.87. The second-order valence-corrected chi connectivity index (χ2v) is 9.06. The van der Waals surface area contributed by atoms with Gasteiger partial charge in [-0.25, -0.2) is 0 Å². The molecule has 0 heterocycles. The van der Waals surface area contributed by atoms with Gasteiger partial charge < -0.3 is 11.1 Å². The second-order valence-electron chi connectivity index (χ2n) is 8.22. The molecule has 0 saturated heterocycles. The zero-order valence-electron chi connectivity index (χ0n) is 18.8. The maximum absolute atomic E-state index is 14.3. The van der Waals surface area contributed by atoms with Crippen molar-refractivity contribution in [3.63, 3.8) is 0 Å². The van der Waals surface area contributed by atoms with Crippen molar-refractivity contribution in [1.29, 1.82) is 0 Å². The zero-order chi connectivity index (χ0) is 24.8. The number of hydrogen-bond donors (Lipinski definition) is 2. The Morgan fingerprint density at radius 2 is 1.20 bits per heavy atom. The van der Waals surface area contributed by atoms with Crippen molar-refractivity contribution >= 4 is 35.0 Å². The summed E-state index contributed by atoms with van der Waals surface area (Å²) < 4.78 is 0. The minimum atomic E-state index is -1.22. The first-order chi connectivity index (χ1) is 16.9. The van der Waals surface area contributed by atoms with Crippen LogP contribution in [-0.2, 0) is 21.4 Å². The first-order valence-electron chi connectivity index (χ1n) is 11.1. The van der Waals surface area contributed by atoms with Crippen LogP contribution >= 0.6 is 23.2 Å². The van der Waals surface area contributed by atoms with Crippen LogP contribution in [0.2, 0.25) is 10.0 Å². The molecule has 0 unspecified atom stereocenters. The molecule has 0 spiro atoms. The van der Waals surface area contributed by atoms with Crippen molar-refractivity contribution in [3.05, 3.63) is 141 Å². The molecule has 3 N–H and O–H groups in total. The van der Waals surface area contributed by atoms with E-state index in [2.05, 4.69) is 5.32 Å². The Morgan fingerprint density at radius 3 is 1.60 bits per heavy atom. The highest BCUT2D eigenvalue weighted by Gasteiger charge is 2.44. The van der Waals surface area contributed by atoms with Crippen LogP contribution in [0.3, 0.4) is 0 Å². The fourth-order valence-corrected chi connectivity index (χ4v) is 4.84. The molecule has 2 amide bonds. The summed E-state index contributed by atoms with van der Waals surface area (Å²) in [5.74, 6) is -1.03. The largest absolute Gasteiger partial charge is 0.368 e. The van der Waals surface area contributed by atoms with Crippen LogP contribution < -0.4 is 11.1 Å². The molecule has 35 heavy (non-hydrogen) atoms. The quantitative estimate of drug-likeness (QED) is 0.310. The highest BCUT2D eigenvalue weighted by atomic mass is 35.5. The van der Waals surface area contributed by atoms with Crippen LogP contribution in [-0.4, -0.2) is 17.9 Å². The summed E-state index contributed by atoms with van der Waals surface area (Å²) in [5, 5.41) is 3.82. The summed E-state index contributed by atoms with van der Waals surface area (Å²) in [6.45, 7) is 0. The minimum Gasteiger partial charge on any atom is -0.368 e. The fourth-order valence-electron chi connectivity index (χ4n) is 4.35. The van der Waals surface area contributed by atoms with Crippen LogP contribution in [0.5, 0.6) is 0 Å². The van der Waals surface area contributed by atoms with Gasteiger partial charge in [0.05, 0.1) is 0 Å². The van der Waals surface area contributed by atoms with Gasteiger partial charge in [0.1, 0.15) is 11.5 Å². The molecular formula is C29H24Cl2N2O2. The SMILES string of the molecule is NC(=O)[C@H](Cc1ccc(Cl)cc1Cl)NC(=O)C(c1ccccc1)(c1ccccc1)c1ccccc1. The summed E-state index contributed by atoms with van der Waals surface area (Å²) in [7, 11) is 0. The van der Waals surface area contributed by atoms with Crippen molar-refractivity contribution in [1.82, 2.24) is 5.32 Å². The van der Waals surface area contributed by atoms with Crippen LogP contribution in [0, 0.1) is 0 Å². The van der Waals surface area contributed by atoms with E-state index >= 15 is 0 Å². The van der Waals surface area contributed by atoms with E-state index < -0.39 is 17.4 Å². The Hall–Kier alpha value is -3.60. The van der Waals surface area contributed by atoms with Gasteiger partial charge in [-0.1, -0.05) is 120 Å². The Balaban J connectivity index is 1.84. The molecule has 4 rings (SSSR count). The van der Waals surface area contributed by atoms with Gasteiger partial charge in [0, 0.05) is 16.5 Å². The number of primary amides is 1. The minimum absolute atomic E-state index is 0.130. The van der Waals surface area contributed by atoms with Crippen molar-refractivity contribution < 1.29 is 9.59 Å². The van der Waals surface area contributed by atoms with Crippen LogP contribution in [0.15, 0.2) is 109 Å². The molecule has 0 aliphatic carbocycles. The second kappa shape index (κ2) is 10.8. The van der Waals surface area contributed by atoms with Crippen molar-refractivity contribution in [2.45, 2.75) is 17.9 Å². The third-order valence-electron chi connectivity index (χ3n) is 6.05. The van der Waals surface area contributed by atoms with Gasteiger partial charge in [-0.2, -0.15) is 0 Å². The van der Waals surface area contributed by atoms with E-state index in [9.17, 15) is 9.59 Å². The van der Waals surface area contributed by atoms with E-state index in [-0.39, 0.29) is 12.3 Å². The fraction of sp³-hybridized carbons (Fsp3) is 0.103. The predicted molar refractivity (Wildman–Crippen MR) is 140 cm³/mol. The number of nitrogens with two attached hydrogens (primary N) is 1. The topological polar surface area (TPSA) is 72.2 Å². The van der Waals surface area contributed by atoms with Crippen molar-refractivity contribution in [2.24, 2.45) is 5.73 Å². The molecule has 0 aromatic heterocycles. The number of nitrogens with one attached hydrogen (secondary N) is 1. The number of benzene rings is 4. The maximum Gasteiger partial charge on any atom is 0.240 e. The molecule has 0 radical (unpaired) electrons. The van der Waals surface area contributed by atoms with E-state index in [0.29, 0.717) is 15.6 Å². The van der Waals surface area contributed by atoms with E-state index in [1.165, 1.54) is 0 Å².